The minimum atomic E-state index is -3.71. The molecule has 1 aliphatic heterocycles. The molecule has 1 aromatic heterocycles. The molecular formula is C19H18N2O4S. The van der Waals surface area contributed by atoms with Crippen molar-refractivity contribution in [3.05, 3.63) is 65.9 Å². The van der Waals surface area contributed by atoms with E-state index in [1.807, 2.05) is 25.1 Å². The van der Waals surface area contributed by atoms with Gasteiger partial charge in [-0.25, -0.2) is 17.2 Å². The number of hydrogen-bond donors (Lipinski definition) is 1. The van der Waals surface area contributed by atoms with Crippen LogP contribution in [0.25, 0.3) is 10.9 Å². The Morgan fingerprint density at radius 1 is 1.15 bits per heavy atom. The Bertz CT molecular complexity index is 1080. The predicted molar refractivity (Wildman–Crippen MR) is 97.7 cm³/mol. The molecule has 1 amide bonds. The van der Waals surface area contributed by atoms with Gasteiger partial charge in [0.05, 0.1) is 16.5 Å². The predicted octanol–water partition coefficient (Wildman–Crippen LogP) is 2.84. The van der Waals surface area contributed by atoms with Gasteiger partial charge in [0.2, 0.25) is 0 Å². The minimum Gasteiger partial charge on any atom is -0.447 e. The molecule has 0 radical (unpaired) electrons. The zero-order valence-electron chi connectivity index (χ0n) is 14.2. The number of aromatic nitrogens is 1. The molecule has 0 unspecified atom stereocenters. The monoisotopic (exact) mass is 370 g/mol. The second-order valence-corrected chi connectivity index (χ2v) is 8.24. The largest absolute Gasteiger partial charge is 0.447 e. The van der Waals surface area contributed by atoms with Crippen LogP contribution < -0.4 is 5.32 Å². The number of amides is 1. The van der Waals surface area contributed by atoms with Crippen molar-refractivity contribution in [2.45, 2.75) is 24.3 Å². The van der Waals surface area contributed by atoms with Crippen molar-refractivity contribution in [1.82, 2.24) is 9.29 Å². The maximum Gasteiger partial charge on any atom is 0.407 e. The third kappa shape index (κ3) is 2.84. The number of aryl methyl sites for hydroxylation is 1. The number of nitrogens with zero attached hydrogens (tertiary/aromatic N) is 1. The number of nitrogens with one attached hydrogen (secondary N) is 1. The molecule has 0 saturated carbocycles. The number of cyclic esters (lactones) is 1. The fourth-order valence-corrected chi connectivity index (χ4v) is 4.60. The lowest BCUT2D eigenvalue weighted by Crippen LogP contribution is -2.28. The van der Waals surface area contributed by atoms with Crippen molar-refractivity contribution >= 4 is 27.0 Å². The van der Waals surface area contributed by atoms with Gasteiger partial charge in [0, 0.05) is 11.6 Å². The highest BCUT2D eigenvalue weighted by molar-refractivity contribution is 7.90. The second kappa shape index (κ2) is 6.17. The van der Waals surface area contributed by atoms with Gasteiger partial charge in [-0.15, -0.1) is 0 Å². The first-order valence-corrected chi connectivity index (χ1v) is 9.73. The van der Waals surface area contributed by atoms with Crippen LogP contribution in [0.1, 0.15) is 11.1 Å². The minimum absolute atomic E-state index is 0.163. The highest BCUT2D eigenvalue weighted by atomic mass is 32.2. The number of rotatable bonds is 4. The lowest BCUT2D eigenvalue weighted by atomic mass is 10.1. The summed E-state index contributed by atoms with van der Waals surface area (Å²) in [4.78, 5) is 11.5. The van der Waals surface area contributed by atoms with Gasteiger partial charge in [0.15, 0.2) is 0 Å². The van der Waals surface area contributed by atoms with Crippen molar-refractivity contribution in [3.8, 4) is 0 Å². The second-order valence-electron chi connectivity index (χ2n) is 6.43. The quantitative estimate of drug-likeness (QED) is 0.766. The third-order valence-electron chi connectivity index (χ3n) is 4.54. The summed E-state index contributed by atoms with van der Waals surface area (Å²) in [5.74, 6) is 0. The molecular weight excluding hydrogens is 352 g/mol. The van der Waals surface area contributed by atoms with E-state index in [2.05, 4.69) is 5.32 Å². The van der Waals surface area contributed by atoms with E-state index in [0.29, 0.717) is 11.9 Å². The number of hydrogen-bond acceptors (Lipinski definition) is 4. The molecule has 26 heavy (non-hydrogen) atoms. The standard InChI is InChI=1S/C19H18N2O4S/c1-13-6-8-16(9-7-13)26(23,24)21-11-14(10-15-12-25-19(22)20-15)17-4-2-3-5-18(17)21/h2-9,11,15H,10,12H2,1H3,(H,20,22)/t15-/m0/s1. The summed E-state index contributed by atoms with van der Waals surface area (Å²) in [6.45, 7) is 2.20. The summed E-state index contributed by atoms with van der Waals surface area (Å²) in [7, 11) is -3.71. The molecule has 4 rings (SSSR count). The zero-order chi connectivity index (χ0) is 18.3. The van der Waals surface area contributed by atoms with E-state index in [4.69, 9.17) is 4.74 Å². The fourth-order valence-electron chi connectivity index (χ4n) is 3.21. The SMILES string of the molecule is Cc1ccc(S(=O)(=O)n2cc(C[C@H]3COC(=O)N3)c3ccccc32)cc1. The molecule has 1 fully saturated rings. The lowest BCUT2D eigenvalue weighted by Gasteiger charge is -2.08. The number of fused-ring (bicyclic) bond motifs is 1. The Balaban J connectivity index is 1.80. The van der Waals surface area contributed by atoms with E-state index in [0.717, 1.165) is 16.5 Å². The molecule has 7 heteroatoms. The number of alkyl carbamates (subject to hydrolysis) is 1. The Kier molecular flexibility index (Phi) is 3.96. The van der Waals surface area contributed by atoms with Crippen LogP contribution in [-0.2, 0) is 21.2 Å². The van der Waals surface area contributed by atoms with Crippen LogP contribution in [0.5, 0.6) is 0 Å². The lowest BCUT2D eigenvalue weighted by molar-refractivity contribution is 0.177. The van der Waals surface area contributed by atoms with E-state index < -0.39 is 16.1 Å². The summed E-state index contributed by atoms with van der Waals surface area (Å²) in [6, 6.07) is 14.0. The first-order chi connectivity index (χ1) is 12.4. The number of ether oxygens (including phenoxy) is 1. The van der Waals surface area contributed by atoms with Gasteiger partial charge in [-0.05, 0) is 37.1 Å². The Labute approximate surface area is 151 Å². The van der Waals surface area contributed by atoms with Crippen molar-refractivity contribution in [2.24, 2.45) is 0 Å². The van der Waals surface area contributed by atoms with Gasteiger partial charge in [-0.1, -0.05) is 35.9 Å². The van der Waals surface area contributed by atoms with Crippen molar-refractivity contribution in [3.63, 3.8) is 0 Å². The molecule has 1 saturated heterocycles. The molecule has 134 valence electrons. The Hall–Kier alpha value is -2.80. The first kappa shape index (κ1) is 16.7. The maximum atomic E-state index is 13.1. The molecule has 1 aliphatic rings. The molecule has 1 N–H and O–H groups in total. The number of carbonyl (C=O) groups is 1. The normalized spacial score (nSPS) is 17.3. The number of carbonyl (C=O) groups excluding carboxylic acids is 1. The van der Waals surface area contributed by atoms with Crippen LogP contribution in [-0.4, -0.2) is 31.1 Å². The molecule has 2 heterocycles. The molecule has 2 aromatic carbocycles. The molecule has 0 spiro atoms. The average Bonchev–Trinajstić information content (AvgIpc) is 3.20. The summed E-state index contributed by atoms with van der Waals surface area (Å²) in [6.07, 6.45) is 1.71. The van der Waals surface area contributed by atoms with Crippen molar-refractivity contribution < 1.29 is 17.9 Å². The smallest absolute Gasteiger partial charge is 0.407 e. The van der Waals surface area contributed by atoms with Crippen LogP contribution >= 0.6 is 0 Å². The van der Waals surface area contributed by atoms with E-state index in [1.165, 1.54) is 3.97 Å². The molecule has 0 bridgehead atoms. The molecule has 0 aliphatic carbocycles. The van der Waals surface area contributed by atoms with E-state index >= 15 is 0 Å². The van der Waals surface area contributed by atoms with Gasteiger partial charge in [-0.2, -0.15) is 0 Å². The number of para-hydroxylation sites is 1. The van der Waals surface area contributed by atoms with Crippen LogP contribution in [0.4, 0.5) is 4.79 Å². The average molecular weight is 370 g/mol. The van der Waals surface area contributed by atoms with Crippen molar-refractivity contribution in [2.75, 3.05) is 6.61 Å². The summed E-state index contributed by atoms with van der Waals surface area (Å²) < 4.78 is 32.5. The summed E-state index contributed by atoms with van der Waals surface area (Å²) >= 11 is 0. The van der Waals surface area contributed by atoms with Crippen LogP contribution in [0.3, 0.4) is 0 Å². The molecule has 6 nitrogen and oxygen atoms in total. The van der Waals surface area contributed by atoms with Crippen LogP contribution in [0, 0.1) is 6.92 Å². The van der Waals surface area contributed by atoms with Gasteiger partial charge < -0.3 is 10.1 Å². The Morgan fingerprint density at radius 2 is 1.88 bits per heavy atom. The van der Waals surface area contributed by atoms with Crippen molar-refractivity contribution in [1.29, 1.82) is 0 Å². The molecule has 1 atom stereocenters. The summed E-state index contributed by atoms with van der Waals surface area (Å²) in [5.41, 5.74) is 2.47. The van der Waals surface area contributed by atoms with Crippen LogP contribution in [0.2, 0.25) is 0 Å². The maximum absolute atomic E-state index is 13.1. The third-order valence-corrected chi connectivity index (χ3v) is 6.23. The highest BCUT2D eigenvalue weighted by Crippen LogP contribution is 2.27. The molecule has 3 aromatic rings. The fraction of sp³-hybridized carbons (Fsp3) is 0.211. The van der Waals surface area contributed by atoms with Gasteiger partial charge >= 0.3 is 6.09 Å². The number of benzene rings is 2. The van der Waals surface area contributed by atoms with Gasteiger partial charge in [0.25, 0.3) is 10.0 Å². The van der Waals surface area contributed by atoms with E-state index in [9.17, 15) is 13.2 Å². The van der Waals surface area contributed by atoms with E-state index in [-0.39, 0.29) is 17.5 Å². The summed E-state index contributed by atoms with van der Waals surface area (Å²) in [5, 5.41) is 3.58. The highest BCUT2D eigenvalue weighted by Gasteiger charge is 2.26. The topological polar surface area (TPSA) is 77.4 Å². The van der Waals surface area contributed by atoms with Crippen LogP contribution in [0.15, 0.2) is 59.6 Å². The van der Waals surface area contributed by atoms with E-state index in [1.54, 1.807) is 36.5 Å². The first-order valence-electron chi connectivity index (χ1n) is 8.29. The van der Waals surface area contributed by atoms with Gasteiger partial charge in [0.1, 0.15) is 6.61 Å². The Morgan fingerprint density at radius 3 is 2.58 bits per heavy atom. The van der Waals surface area contributed by atoms with Gasteiger partial charge in [-0.3, -0.25) is 0 Å². The zero-order valence-corrected chi connectivity index (χ0v) is 15.0.